The second-order valence-corrected chi connectivity index (χ2v) is 9.29. The fourth-order valence-corrected chi connectivity index (χ4v) is 4.47. The molecule has 0 bridgehead atoms. The molecule has 0 radical (unpaired) electrons. The Kier molecular flexibility index (Phi) is 7.29. The van der Waals surface area contributed by atoms with Crippen LogP contribution in [0, 0.1) is 5.82 Å². The van der Waals surface area contributed by atoms with Gasteiger partial charge in [-0.1, -0.05) is 59.1 Å². The van der Waals surface area contributed by atoms with Gasteiger partial charge in [0.05, 0.1) is 21.5 Å². The molecule has 2 amide bonds. The third-order valence-corrected chi connectivity index (χ3v) is 6.82. The van der Waals surface area contributed by atoms with Crippen LogP contribution in [0.15, 0.2) is 65.6 Å². The van der Waals surface area contributed by atoms with Crippen molar-refractivity contribution in [1.82, 2.24) is 4.90 Å². The van der Waals surface area contributed by atoms with E-state index in [4.69, 9.17) is 39.5 Å². The Balaban J connectivity index is 1.42. The molecule has 0 N–H and O–H groups in total. The minimum Gasteiger partial charge on any atom is -0.489 e. The van der Waals surface area contributed by atoms with Crippen LogP contribution in [0.3, 0.4) is 0 Å². The molecule has 4 rings (SSSR count). The minimum absolute atomic E-state index is 0.103. The highest BCUT2D eigenvalue weighted by Crippen LogP contribution is 2.35. The van der Waals surface area contributed by atoms with Crippen molar-refractivity contribution in [1.29, 1.82) is 0 Å². The van der Waals surface area contributed by atoms with Crippen LogP contribution in [0.4, 0.5) is 9.18 Å². The molecule has 1 saturated heterocycles. The number of nitrogens with zero attached hydrogens (tertiary/aromatic N) is 1. The molecule has 0 unspecified atom stereocenters. The summed E-state index contributed by atoms with van der Waals surface area (Å²) >= 11 is 18.8. The van der Waals surface area contributed by atoms with Crippen molar-refractivity contribution in [3.63, 3.8) is 0 Å². The number of hydrogen-bond donors (Lipinski definition) is 0. The van der Waals surface area contributed by atoms with Crippen molar-refractivity contribution in [3.8, 4) is 5.75 Å². The fraction of sp³-hybridized carbons (Fsp3) is 0.0833. The zero-order valence-electron chi connectivity index (χ0n) is 16.9. The summed E-state index contributed by atoms with van der Waals surface area (Å²) in [5.41, 5.74) is 1.69. The molecule has 3 aromatic rings. The Morgan fingerprint density at radius 3 is 2.39 bits per heavy atom. The van der Waals surface area contributed by atoms with E-state index in [0.717, 1.165) is 22.2 Å². The lowest BCUT2D eigenvalue weighted by Gasteiger charge is -2.14. The number of imide groups is 1. The molecule has 1 fully saturated rings. The highest BCUT2D eigenvalue weighted by molar-refractivity contribution is 8.18. The molecular weight excluding hydrogens is 508 g/mol. The summed E-state index contributed by atoms with van der Waals surface area (Å²) < 4.78 is 19.8. The molecule has 0 spiro atoms. The molecule has 33 heavy (non-hydrogen) atoms. The van der Waals surface area contributed by atoms with Gasteiger partial charge in [0.1, 0.15) is 18.2 Å². The first kappa shape index (κ1) is 23.6. The number of amides is 2. The van der Waals surface area contributed by atoms with Gasteiger partial charge >= 0.3 is 0 Å². The van der Waals surface area contributed by atoms with Crippen LogP contribution in [-0.4, -0.2) is 16.0 Å². The lowest BCUT2D eigenvalue weighted by atomic mass is 10.2. The van der Waals surface area contributed by atoms with Crippen molar-refractivity contribution in [3.05, 3.63) is 103 Å². The van der Waals surface area contributed by atoms with Gasteiger partial charge in [0.2, 0.25) is 0 Å². The summed E-state index contributed by atoms with van der Waals surface area (Å²) in [5, 5.41) is 0.618. The van der Waals surface area contributed by atoms with Gasteiger partial charge in [0.15, 0.2) is 0 Å². The van der Waals surface area contributed by atoms with Gasteiger partial charge in [-0.25, -0.2) is 4.39 Å². The highest BCUT2D eigenvalue weighted by Gasteiger charge is 2.35. The topological polar surface area (TPSA) is 46.6 Å². The minimum atomic E-state index is -0.568. The first-order valence-corrected chi connectivity index (χ1v) is 11.6. The van der Waals surface area contributed by atoms with E-state index in [1.54, 1.807) is 42.5 Å². The maximum absolute atomic E-state index is 14.1. The highest BCUT2D eigenvalue weighted by atomic mass is 35.5. The van der Waals surface area contributed by atoms with Crippen molar-refractivity contribution >= 4 is 63.8 Å². The van der Waals surface area contributed by atoms with E-state index in [-0.39, 0.29) is 22.0 Å². The van der Waals surface area contributed by atoms with Crippen LogP contribution in [0.1, 0.15) is 16.7 Å². The number of hydrogen-bond acceptors (Lipinski definition) is 4. The predicted molar refractivity (Wildman–Crippen MR) is 130 cm³/mol. The lowest BCUT2D eigenvalue weighted by Crippen LogP contribution is -2.28. The molecule has 0 aliphatic carbocycles. The summed E-state index contributed by atoms with van der Waals surface area (Å²) in [6, 6.07) is 16.5. The number of ether oxygens (including phenoxy) is 1. The maximum atomic E-state index is 14.1. The Morgan fingerprint density at radius 2 is 1.70 bits per heavy atom. The van der Waals surface area contributed by atoms with Gasteiger partial charge in [0, 0.05) is 10.6 Å². The van der Waals surface area contributed by atoms with E-state index in [0.29, 0.717) is 28.0 Å². The van der Waals surface area contributed by atoms with Gasteiger partial charge in [0.25, 0.3) is 11.1 Å². The SMILES string of the molecule is O=C1S/C(=C\c2ccc(OCc3ccc(Cl)c(Cl)c3)cc2)C(=O)N1Cc1c(F)cccc1Cl. The van der Waals surface area contributed by atoms with E-state index in [1.807, 2.05) is 6.07 Å². The van der Waals surface area contributed by atoms with E-state index < -0.39 is 17.0 Å². The molecular formula is C24H15Cl3FNO3S. The van der Waals surface area contributed by atoms with Gasteiger partial charge in [-0.3, -0.25) is 14.5 Å². The zero-order valence-corrected chi connectivity index (χ0v) is 19.9. The maximum Gasteiger partial charge on any atom is 0.293 e. The van der Waals surface area contributed by atoms with E-state index >= 15 is 0 Å². The van der Waals surface area contributed by atoms with Crippen molar-refractivity contribution in [2.24, 2.45) is 0 Å². The molecule has 1 aliphatic rings. The number of carbonyl (C=O) groups excluding carboxylic acids is 2. The molecule has 168 valence electrons. The van der Waals surface area contributed by atoms with Crippen LogP contribution in [0.2, 0.25) is 15.1 Å². The molecule has 1 heterocycles. The second kappa shape index (κ2) is 10.2. The standard InChI is InChI=1S/C24H15Cl3FNO3S/c25-18-2-1-3-21(28)17(18)12-29-23(30)22(33-24(29)31)11-14-4-7-16(8-5-14)32-13-15-6-9-19(26)20(27)10-15/h1-11H,12-13H2/b22-11-. The molecule has 0 atom stereocenters. The Bertz CT molecular complexity index is 1240. The second-order valence-electron chi connectivity index (χ2n) is 7.07. The summed E-state index contributed by atoms with van der Waals surface area (Å²) in [5.74, 6) is -0.438. The average molecular weight is 523 g/mol. The van der Waals surface area contributed by atoms with Crippen LogP contribution in [-0.2, 0) is 17.9 Å². The molecule has 3 aromatic carbocycles. The largest absolute Gasteiger partial charge is 0.489 e. The number of rotatable bonds is 6. The van der Waals surface area contributed by atoms with E-state index in [1.165, 1.54) is 18.2 Å². The van der Waals surface area contributed by atoms with Crippen molar-refractivity contribution in [2.75, 3.05) is 0 Å². The van der Waals surface area contributed by atoms with E-state index in [2.05, 4.69) is 0 Å². The predicted octanol–water partition coefficient (Wildman–Crippen LogP) is 7.60. The Morgan fingerprint density at radius 1 is 0.939 bits per heavy atom. The number of thioether (sulfide) groups is 1. The van der Waals surface area contributed by atoms with Crippen molar-refractivity contribution in [2.45, 2.75) is 13.2 Å². The fourth-order valence-electron chi connectivity index (χ4n) is 3.09. The summed E-state index contributed by atoms with van der Waals surface area (Å²) in [6.45, 7) is 0.0860. The van der Waals surface area contributed by atoms with Crippen LogP contribution < -0.4 is 4.74 Å². The average Bonchev–Trinajstić information content (AvgIpc) is 3.05. The monoisotopic (exact) mass is 521 g/mol. The molecule has 9 heteroatoms. The molecule has 0 aromatic heterocycles. The van der Waals surface area contributed by atoms with E-state index in [9.17, 15) is 14.0 Å². The molecule has 4 nitrogen and oxygen atoms in total. The third-order valence-electron chi connectivity index (χ3n) is 4.82. The van der Waals surface area contributed by atoms with Gasteiger partial charge in [-0.05, 0) is 65.4 Å². The summed E-state index contributed by atoms with van der Waals surface area (Å²) in [4.78, 5) is 26.3. The van der Waals surface area contributed by atoms with Crippen molar-refractivity contribution < 1.29 is 18.7 Å². The summed E-state index contributed by atoms with van der Waals surface area (Å²) in [6.07, 6.45) is 1.61. The third kappa shape index (κ3) is 5.53. The molecule has 1 aliphatic heterocycles. The first-order valence-electron chi connectivity index (χ1n) is 9.67. The van der Waals surface area contributed by atoms with Crippen LogP contribution in [0.5, 0.6) is 5.75 Å². The number of benzene rings is 3. The first-order chi connectivity index (χ1) is 15.8. The Hall–Kier alpha value is -2.51. The van der Waals surface area contributed by atoms with Gasteiger partial charge < -0.3 is 4.74 Å². The van der Waals surface area contributed by atoms with Gasteiger partial charge in [-0.2, -0.15) is 0 Å². The zero-order chi connectivity index (χ0) is 23.5. The lowest BCUT2D eigenvalue weighted by molar-refractivity contribution is -0.123. The number of carbonyl (C=O) groups is 2. The molecule has 0 saturated carbocycles. The Labute approximate surface area is 208 Å². The quantitative estimate of drug-likeness (QED) is 0.313. The normalized spacial score (nSPS) is 14.9. The van der Waals surface area contributed by atoms with Gasteiger partial charge in [-0.15, -0.1) is 0 Å². The smallest absolute Gasteiger partial charge is 0.293 e. The number of halogens is 4. The van der Waals surface area contributed by atoms with Crippen LogP contribution in [0.25, 0.3) is 6.08 Å². The van der Waals surface area contributed by atoms with Crippen LogP contribution >= 0.6 is 46.6 Å². The summed E-state index contributed by atoms with van der Waals surface area (Å²) in [7, 11) is 0.